The molecular formula is C15H23N3O3S. The monoisotopic (exact) mass is 325 g/mol. The van der Waals surface area contributed by atoms with Crippen molar-refractivity contribution in [2.75, 3.05) is 26.7 Å². The number of benzene rings is 1. The zero-order valence-electron chi connectivity index (χ0n) is 13.2. The molecule has 0 amide bonds. The Morgan fingerprint density at radius 3 is 2.50 bits per heavy atom. The van der Waals surface area contributed by atoms with Crippen LogP contribution in [0.4, 0.5) is 0 Å². The number of nitriles is 1. The van der Waals surface area contributed by atoms with E-state index in [0.29, 0.717) is 11.7 Å². The van der Waals surface area contributed by atoms with E-state index in [1.165, 1.54) is 12.6 Å². The van der Waals surface area contributed by atoms with Crippen molar-refractivity contribution in [3.63, 3.8) is 0 Å². The highest BCUT2D eigenvalue weighted by molar-refractivity contribution is 7.87. The molecule has 0 radical (unpaired) electrons. The van der Waals surface area contributed by atoms with Gasteiger partial charge in [-0.1, -0.05) is 26.0 Å². The summed E-state index contributed by atoms with van der Waals surface area (Å²) in [6, 6.07) is 9.67. The fraction of sp³-hybridized carbons (Fsp3) is 0.533. The van der Waals surface area contributed by atoms with Gasteiger partial charge in [0.2, 0.25) is 0 Å². The Balaban J connectivity index is 2.37. The van der Waals surface area contributed by atoms with Crippen LogP contribution in [0, 0.1) is 11.3 Å². The van der Waals surface area contributed by atoms with Gasteiger partial charge in [0.1, 0.15) is 12.4 Å². The van der Waals surface area contributed by atoms with Crippen LogP contribution in [-0.2, 0) is 10.2 Å². The van der Waals surface area contributed by atoms with E-state index in [1.807, 2.05) is 30.3 Å². The second-order valence-electron chi connectivity index (χ2n) is 5.20. The SMILES string of the molecule is CC(C)c1ccc(OCCNS(=O)(=O)N(C)CCC#N)cc1. The summed E-state index contributed by atoms with van der Waals surface area (Å²) in [7, 11) is -2.12. The fourth-order valence-electron chi connectivity index (χ4n) is 1.73. The summed E-state index contributed by atoms with van der Waals surface area (Å²) in [5.74, 6) is 1.17. The summed E-state index contributed by atoms with van der Waals surface area (Å²) in [5, 5.41) is 8.46. The number of hydrogen-bond acceptors (Lipinski definition) is 4. The molecule has 7 heteroatoms. The molecule has 1 N–H and O–H groups in total. The number of ether oxygens (including phenoxy) is 1. The molecule has 0 aromatic heterocycles. The second kappa shape index (κ2) is 8.73. The van der Waals surface area contributed by atoms with Gasteiger partial charge in [-0.3, -0.25) is 0 Å². The molecule has 0 bridgehead atoms. The topological polar surface area (TPSA) is 82.4 Å². The van der Waals surface area contributed by atoms with Crippen LogP contribution in [0.1, 0.15) is 31.7 Å². The van der Waals surface area contributed by atoms with E-state index in [0.717, 1.165) is 4.31 Å². The lowest BCUT2D eigenvalue weighted by Crippen LogP contribution is -2.40. The number of nitrogens with zero attached hydrogens (tertiary/aromatic N) is 2. The van der Waals surface area contributed by atoms with Gasteiger partial charge >= 0.3 is 0 Å². The molecule has 122 valence electrons. The standard InChI is InChI=1S/C15H23N3O3S/c1-13(2)14-5-7-15(8-6-14)21-12-10-17-22(19,20)18(3)11-4-9-16/h5-8,13,17H,4,10-12H2,1-3H3. The smallest absolute Gasteiger partial charge is 0.279 e. The molecule has 0 fully saturated rings. The van der Waals surface area contributed by atoms with E-state index in [4.69, 9.17) is 10.00 Å². The fourth-order valence-corrected chi connectivity index (χ4v) is 2.62. The first-order valence-electron chi connectivity index (χ1n) is 7.17. The molecule has 0 atom stereocenters. The maximum absolute atomic E-state index is 11.8. The highest BCUT2D eigenvalue weighted by atomic mass is 32.2. The maximum atomic E-state index is 11.8. The third-order valence-electron chi connectivity index (χ3n) is 3.15. The van der Waals surface area contributed by atoms with E-state index in [2.05, 4.69) is 18.6 Å². The van der Waals surface area contributed by atoms with Crippen LogP contribution >= 0.6 is 0 Å². The molecule has 0 unspecified atom stereocenters. The molecule has 1 aromatic carbocycles. The molecule has 0 aliphatic rings. The Morgan fingerprint density at radius 2 is 1.95 bits per heavy atom. The van der Waals surface area contributed by atoms with E-state index in [-0.39, 0.29) is 26.1 Å². The third-order valence-corrected chi connectivity index (χ3v) is 4.72. The molecule has 1 rings (SSSR count). The van der Waals surface area contributed by atoms with Crippen molar-refractivity contribution in [3.05, 3.63) is 29.8 Å². The molecule has 1 aromatic rings. The summed E-state index contributed by atoms with van der Waals surface area (Å²) in [5.41, 5.74) is 1.23. The van der Waals surface area contributed by atoms with Crippen molar-refractivity contribution in [1.29, 1.82) is 5.26 Å². The van der Waals surface area contributed by atoms with Crippen LogP contribution in [0.3, 0.4) is 0 Å². The molecule has 0 aliphatic heterocycles. The van der Waals surface area contributed by atoms with Gasteiger partial charge in [-0.15, -0.1) is 0 Å². The van der Waals surface area contributed by atoms with Crippen LogP contribution < -0.4 is 9.46 Å². The molecule has 22 heavy (non-hydrogen) atoms. The van der Waals surface area contributed by atoms with Crippen LogP contribution in [-0.4, -0.2) is 39.5 Å². The number of nitrogens with one attached hydrogen (secondary N) is 1. The largest absolute Gasteiger partial charge is 0.492 e. The summed E-state index contributed by atoms with van der Waals surface area (Å²) < 4.78 is 32.7. The van der Waals surface area contributed by atoms with Crippen LogP contribution in [0.25, 0.3) is 0 Å². The third kappa shape index (κ3) is 6.02. The zero-order chi connectivity index (χ0) is 16.6. The average molecular weight is 325 g/mol. The van der Waals surface area contributed by atoms with Crippen molar-refractivity contribution in [2.24, 2.45) is 0 Å². The van der Waals surface area contributed by atoms with E-state index >= 15 is 0 Å². The van der Waals surface area contributed by atoms with E-state index < -0.39 is 10.2 Å². The van der Waals surface area contributed by atoms with Crippen molar-refractivity contribution < 1.29 is 13.2 Å². The quantitative estimate of drug-likeness (QED) is 0.703. The summed E-state index contributed by atoms with van der Waals surface area (Å²) in [6.45, 7) is 4.82. The predicted molar refractivity (Wildman–Crippen MR) is 85.8 cm³/mol. The van der Waals surface area contributed by atoms with Gasteiger partial charge in [0.05, 0.1) is 6.07 Å². The lowest BCUT2D eigenvalue weighted by molar-refractivity contribution is 0.320. The van der Waals surface area contributed by atoms with Crippen molar-refractivity contribution in [1.82, 2.24) is 9.03 Å². The number of rotatable bonds is 9. The first-order chi connectivity index (χ1) is 10.4. The van der Waals surface area contributed by atoms with Crippen molar-refractivity contribution >= 4 is 10.2 Å². The van der Waals surface area contributed by atoms with Gasteiger partial charge in [0, 0.05) is 26.6 Å². The molecule has 0 saturated carbocycles. The van der Waals surface area contributed by atoms with E-state index in [9.17, 15) is 8.42 Å². The normalized spacial score (nSPS) is 11.6. The first kappa shape index (κ1) is 18.4. The van der Waals surface area contributed by atoms with Crippen LogP contribution in [0.15, 0.2) is 24.3 Å². The summed E-state index contributed by atoms with van der Waals surface area (Å²) in [4.78, 5) is 0. The Morgan fingerprint density at radius 1 is 1.32 bits per heavy atom. The van der Waals surface area contributed by atoms with Crippen molar-refractivity contribution in [3.8, 4) is 11.8 Å². The minimum absolute atomic E-state index is 0.163. The molecule has 0 aliphatic carbocycles. The van der Waals surface area contributed by atoms with E-state index in [1.54, 1.807) is 0 Å². The van der Waals surface area contributed by atoms with Crippen LogP contribution in [0.2, 0.25) is 0 Å². The van der Waals surface area contributed by atoms with Gasteiger partial charge in [-0.05, 0) is 23.6 Å². The lowest BCUT2D eigenvalue weighted by atomic mass is 10.0. The summed E-state index contributed by atoms with van der Waals surface area (Å²) >= 11 is 0. The highest BCUT2D eigenvalue weighted by Gasteiger charge is 2.16. The Labute approximate surface area is 132 Å². The summed E-state index contributed by atoms with van der Waals surface area (Å²) in [6.07, 6.45) is 0.163. The van der Waals surface area contributed by atoms with Gasteiger partial charge in [-0.25, -0.2) is 0 Å². The van der Waals surface area contributed by atoms with Crippen molar-refractivity contribution in [2.45, 2.75) is 26.2 Å². The second-order valence-corrected chi connectivity index (χ2v) is 7.06. The molecule has 6 nitrogen and oxygen atoms in total. The molecule has 0 heterocycles. The Kier molecular flexibility index (Phi) is 7.32. The van der Waals surface area contributed by atoms with Gasteiger partial charge < -0.3 is 4.74 Å². The molecular weight excluding hydrogens is 302 g/mol. The predicted octanol–water partition coefficient (Wildman–Crippen LogP) is 1.87. The highest BCUT2D eigenvalue weighted by Crippen LogP contribution is 2.18. The maximum Gasteiger partial charge on any atom is 0.279 e. The van der Waals surface area contributed by atoms with Crippen LogP contribution in [0.5, 0.6) is 5.75 Å². The number of hydrogen-bond donors (Lipinski definition) is 1. The van der Waals surface area contributed by atoms with Gasteiger partial charge in [0.25, 0.3) is 10.2 Å². The zero-order valence-corrected chi connectivity index (χ0v) is 14.1. The minimum Gasteiger partial charge on any atom is -0.492 e. The Bertz CT molecular complexity index is 591. The Hall–Kier alpha value is -1.62. The van der Waals surface area contributed by atoms with Gasteiger partial charge in [0.15, 0.2) is 0 Å². The lowest BCUT2D eigenvalue weighted by Gasteiger charge is -2.16. The molecule has 0 spiro atoms. The molecule has 0 saturated heterocycles. The minimum atomic E-state index is -3.55. The first-order valence-corrected chi connectivity index (χ1v) is 8.61. The average Bonchev–Trinajstić information content (AvgIpc) is 2.49. The van der Waals surface area contributed by atoms with Gasteiger partial charge in [-0.2, -0.15) is 22.7 Å².